The third kappa shape index (κ3) is 7.51. The minimum Gasteiger partial charge on any atom is -0.452 e. The number of halogens is 3. The number of ether oxygens (including phenoxy) is 5. The van der Waals surface area contributed by atoms with Crippen molar-refractivity contribution in [3.63, 3.8) is 0 Å². The number of esters is 3. The number of nitrogens with one attached hydrogen (secondary N) is 1. The number of hydrogen-bond acceptors (Lipinski definition) is 9. The van der Waals surface area contributed by atoms with Crippen LogP contribution in [0.1, 0.15) is 31.1 Å². The van der Waals surface area contributed by atoms with Crippen LogP contribution in [0.15, 0.2) is 91.0 Å². The number of carbonyl (C=O) groups is 3. The first-order valence-corrected chi connectivity index (χ1v) is 13.0. The van der Waals surface area contributed by atoms with Gasteiger partial charge in [0.2, 0.25) is 18.3 Å². The van der Waals surface area contributed by atoms with E-state index < -0.39 is 52.2 Å². The SMILES string of the molecule is N=C(O[C@H]1OC[C@H](OC(=O)c2ccccc2)[C@@H](OC(=O)c2ccccc2)[C@@H]1OC(=O)c1ccccc1)C(Cl)(Cl)Cl. The molecule has 0 bridgehead atoms. The van der Waals surface area contributed by atoms with E-state index in [-0.39, 0.29) is 23.3 Å². The van der Waals surface area contributed by atoms with Gasteiger partial charge in [-0.05, 0) is 36.4 Å². The zero-order chi connectivity index (χ0) is 28.7. The average Bonchev–Trinajstić information content (AvgIpc) is 2.96. The molecule has 1 saturated heterocycles. The molecule has 40 heavy (non-hydrogen) atoms. The Balaban J connectivity index is 1.68. The summed E-state index contributed by atoms with van der Waals surface area (Å²) in [6, 6.07) is 24.1. The zero-order valence-corrected chi connectivity index (χ0v) is 22.8. The van der Waals surface area contributed by atoms with Gasteiger partial charge in [0.1, 0.15) is 0 Å². The van der Waals surface area contributed by atoms with Gasteiger partial charge in [-0.15, -0.1) is 0 Å². The van der Waals surface area contributed by atoms with Crippen LogP contribution in [0.4, 0.5) is 0 Å². The molecule has 208 valence electrons. The summed E-state index contributed by atoms with van der Waals surface area (Å²) in [6.45, 7) is -0.373. The molecular formula is C28H22Cl3NO8. The van der Waals surface area contributed by atoms with Gasteiger partial charge in [-0.2, -0.15) is 0 Å². The Kier molecular flexibility index (Phi) is 9.65. The summed E-state index contributed by atoms with van der Waals surface area (Å²) in [4.78, 5) is 39.1. The summed E-state index contributed by atoms with van der Waals surface area (Å²) in [5, 5.41) is 8.00. The molecular weight excluding hydrogens is 585 g/mol. The highest BCUT2D eigenvalue weighted by molar-refractivity contribution is 6.76. The summed E-state index contributed by atoms with van der Waals surface area (Å²) in [7, 11) is 0. The molecule has 0 amide bonds. The van der Waals surface area contributed by atoms with Crippen molar-refractivity contribution in [2.45, 2.75) is 28.4 Å². The van der Waals surface area contributed by atoms with Crippen molar-refractivity contribution < 1.29 is 38.1 Å². The van der Waals surface area contributed by atoms with E-state index in [1.165, 1.54) is 36.4 Å². The summed E-state index contributed by atoms with van der Waals surface area (Å²) < 4.78 is 25.9. The lowest BCUT2D eigenvalue weighted by Gasteiger charge is -2.40. The second-order valence-corrected chi connectivity index (χ2v) is 10.7. The first kappa shape index (κ1) is 29.4. The molecule has 3 aromatic rings. The third-order valence-electron chi connectivity index (χ3n) is 5.65. The largest absolute Gasteiger partial charge is 0.452 e. The lowest BCUT2D eigenvalue weighted by atomic mass is 10.0. The number of rotatable bonds is 7. The minimum absolute atomic E-state index is 0.161. The molecule has 1 heterocycles. The fraction of sp³-hybridized carbons (Fsp3) is 0.214. The molecule has 0 spiro atoms. The monoisotopic (exact) mass is 605 g/mol. The standard InChI is InChI=1S/C28H22Cl3NO8/c29-28(30,31)27(32)40-26-22(39-25(35)19-14-8-3-9-15-19)21(38-24(34)18-12-6-2-7-13-18)20(16-36-26)37-23(33)17-10-4-1-5-11-17/h1-15,20-22,26,32H,16H2/t20-,21+,22-,26+/m0/s1. The molecule has 0 aromatic heterocycles. The summed E-state index contributed by atoms with van der Waals surface area (Å²) >= 11 is 17.3. The molecule has 0 radical (unpaired) electrons. The van der Waals surface area contributed by atoms with Gasteiger partial charge < -0.3 is 23.7 Å². The topological polar surface area (TPSA) is 121 Å². The summed E-state index contributed by atoms with van der Waals surface area (Å²) in [6.07, 6.45) is -5.84. The van der Waals surface area contributed by atoms with Crippen LogP contribution in [-0.2, 0) is 23.7 Å². The predicted octanol–water partition coefficient (Wildman–Crippen LogP) is 5.38. The lowest BCUT2D eigenvalue weighted by Crippen LogP contribution is -2.59. The van der Waals surface area contributed by atoms with Crippen molar-refractivity contribution in [2.75, 3.05) is 6.61 Å². The highest BCUT2D eigenvalue weighted by Crippen LogP contribution is 2.32. The van der Waals surface area contributed by atoms with Crippen molar-refractivity contribution in [3.05, 3.63) is 108 Å². The van der Waals surface area contributed by atoms with Crippen LogP contribution in [0.5, 0.6) is 0 Å². The van der Waals surface area contributed by atoms with E-state index in [2.05, 4.69) is 0 Å². The van der Waals surface area contributed by atoms with Crippen LogP contribution in [0.25, 0.3) is 0 Å². The Morgan fingerprint density at radius 1 is 0.650 bits per heavy atom. The van der Waals surface area contributed by atoms with Gasteiger partial charge in [0.15, 0.2) is 12.2 Å². The molecule has 0 unspecified atom stereocenters. The van der Waals surface area contributed by atoms with Gasteiger partial charge in [-0.1, -0.05) is 89.4 Å². The Morgan fingerprint density at radius 3 is 1.48 bits per heavy atom. The second-order valence-electron chi connectivity index (χ2n) is 8.43. The predicted molar refractivity (Wildman–Crippen MR) is 146 cm³/mol. The van der Waals surface area contributed by atoms with Crippen LogP contribution < -0.4 is 0 Å². The van der Waals surface area contributed by atoms with Crippen molar-refractivity contribution in [2.24, 2.45) is 0 Å². The first-order chi connectivity index (χ1) is 19.1. The van der Waals surface area contributed by atoms with Crippen molar-refractivity contribution >= 4 is 58.6 Å². The van der Waals surface area contributed by atoms with Crippen LogP contribution in [0, 0.1) is 5.41 Å². The van der Waals surface area contributed by atoms with E-state index >= 15 is 0 Å². The molecule has 3 aromatic carbocycles. The minimum atomic E-state index is -2.27. The molecule has 4 atom stereocenters. The molecule has 1 aliphatic rings. The van der Waals surface area contributed by atoms with Gasteiger partial charge in [0.05, 0.1) is 23.3 Å². The molecule has 0 saturated carbocycles. The smallest absolute Gasteiger partial charge is 0.338 e. The highest BCUT2D eigenvalue weighted by Gasteiger charge is 2.50. The van der Waals surface area contributed by atoms with Gasteiger partial charge >= 0.3 is 17.9 Å². The maximum absolute atomic E-state index is 13.1. The molecule has 1 aliphatic heterocycles. The van der Waals surface area contributed by atoms with E-state index in [0.717, 1.165) is 0 Å². The average molecular weight is 607 g/mol. The van der Waals surface area contributed by atoms with E-state index in [1.54, 1.807) is 54.6 Å². The lowest BCUT2D eigenvalue weighted by molar-refractivity contribution is -0.245. The van der Waals surface area contributed by atoms with Gasteiger partial charge in [0, 0.05) is 0 Å². The molecule has 4 rings (SSSR count). The van der Waals surface area contributed by atoms with Gasteiger partial charge in [0.25, 0.3) is 3.79 Å². The van der Waals surface area contributed by atoms with E-state index in [4.69, 9.17) is 63.9 Å². The quantitative estimate of drug-likeness (QED) is 0.125. The molecule has 1 N–H and O–H groups in total. The fourth-order valence-corrected chi connectivity index (χ4v) is 3.84. The van der Waals surface area contributed by atoms with Crippen LogP contribution in [0.2, 0.25) is 0 Å². The van der Waals surface area contributed by atoms with Gasteiger partial charge in [-0.25, -0.2) is 14.4 Å². The van der Waals surface area contributed by atoms with Gasteiger partial charge in [-0.3, -0.25) is 5.41 Å². The Labute approximate surface area is 244 Å². The van der Waals surface area contributed by atoms with E-state index in [0.29, 0.717) is 0 Å². The number of alkyl halides is 3. The Hall–Kier alpha value is -3.63. The van der Waals surface area contributed by atoms with Crippen molar-refractivity contribution in [3.8, 4) is 0 Å². The third-order valence-corrected chi connectivity index (χ3v) is 6.16. The normalized spacial score (nSPS) is 20.6. The van der Waals surface area contributed by atoms with E-state index in [9.17, 15) is 14.4 Å². The van der Waals surface area contributed by atoms with Crippen LogP contribution >= 0.6 is 34.8 Å². The number of benzene rings is 3. The fourth-order valence-electron chi connectivity index (χ4n) is 3.71. The summed E-state index contributed by atoms with van der Waals surface area (Å²) in [5.41, 5.74) is 0.570. The molecule has 0 aliphatic carbocycles. The Morgan fingerprint density at radius 2 is 1.05 bits per heavy atom. The van der Waals surface area contributed by atoms with Crippen LogP contribution in [-0.4, -0.2) is 58.8 Å². The summed E-state index contributed by atoms with van der Waals surface area (Å²) in [5.74, 6) is -3.21. The second kappa shape index (κ2) is 13.1. The maximum atomic E-state index is 13.1. The Bertz CT molecular complexity index is 1340. The molecule has 9 nitrogen and oxygen atoms in total. The van der Waals surface area contributed by atoms with Crippen molar-refractivity contribution in [1.29, 1.82) is 5.41 Å². The zero-order valence-electron chi connectivity index (χ0n) is 20.6. The highest BCUT2D eigenvalue weighted by atomic mass is 35.6. The van der Waals surface area contributed by atoms with E-state index in [1.807, 2.05) is 0 Å². The first-order valence-electron chi connectivity index (χ1n) is 11.9. The van der Waals surface area contributed by atoms with Crippen molar-refractivity contribution in [1.82, 2.24) is 0 Å². The number of hydrogen-bond donors (Lipinski definition) is 1. The molecule has 12 heteroatoms. The maximum Gasteiger partial charge on any atom is 0.338 e. The molecule has 1 fully saturated rings. The van der Waals surface area contributed by atoms with Crippen LogP contribution in [0.3, 0.4) is 0 Å². The number of carbonyl (C=O) groups excluding carboxylic acids is 3.